The zero-order chi connectivity index (χ0) is 14.6. The van der Waals surface area contributed by atoms with E-state index < -0.39 is 0 Å². The molecule has 0 bridgehead atoms. The number of amides is 1. The van der Waals surface area contributed by atoms with Crippen LogP contribution >= 0.6 is 28.1 Å². The number of hydrogen-bond acceptors (Lipinski definition) is 2. The minimum absolute atomic E-state index is 0.0243. The standard InChI is InChI=1S/C14H19BrN2OS/c1-9(2)17(7-6-13(16)19)14(18)12-5-4-11(15)8-10(12)3/h4-5,8-9H,6-7H2,1-3H3,(H2,16,19). The molecule has 0 aromatic heterocycles. The summed E-state index contributed by atoms with van der Waals surface area (Å²) in [6, 6.07) is 5.79. The van der Waals surface area contributed by atoms with E-state index in [1.165, 1.54) is 0 Å². The Labute approximate surface area is 128 Å². The van der Waals surface area contributed by atoms with E-state index in [0.717, 1.165) is 15.6 Å². The summed E-state index contributed by atoms with van der Waals surface area (Å²) in [5, 5.41) is 0. The largest absolute Gasteiger partial charge is 0.393 e. The molecule has 2 N–H and O–H groups in total. The Morgan fingerprint density at radius 2 is 2.11 bits per heavy atom. The van der Waals surface area contributed by atoms with E-state index in [1.807, 2.05) is 39.0 Å². The van der Waals surface area contributed by atoms with Crippen molar-refractivity contribution in [1.82, 2.24) is 4.90 Å². The molecule has 0 heterocycles. The first-order valence-corrected chi connectivity index (χ1v) is 7.38. The number of hydrogen-bond donors (Lipinski definition) is 1. The normalized spacial score (nSPS) is 10.6. The second-order valence-electron chi connectivity index (χ2n) is 4.77. The van der Waals surface area contributed by atoms with Crippen LogP contribution in [0.5, 0.6) is 0 Å². The molecule has 0 aliphatic rings. The highest BCUT2D eigenvalue weighted by molar-refractivity contribution is 9.10. The summed E-state index contributed by atoms with van der Waals surface area (Å²) in [6.07, 6.45) is 0.550. The molecule has 5 heteroatoms. The van der Waals surface area contributed by atoms with Crippen LogP contribution in [0.2, 0.25) is 0 Å². The van der Waals surface area contributed by atoms with Crippen molar-refractivity contribution in [3.8, 4) is 0 Å². The van der Waals surface area contributed by atoms with Gasteiger partial charge < -0.3 is 10.6 Å². The number of thiocarbonyl (C=S) groups is 1. The summed E-state index contributed by atoms with van der Waals surface area (Å²) in [5.74, 6) is 0.0243. The average molecular weight is 343 g/mol. The maximum Gasteiger partial charge on any atom is 0.254 e. The van der Waals surface area contributed by atoms with Gasteiger partial charge in [-0.05, 0) is 44.5 Å². The van der Waals surface area contributed by atoms with Gasteiger partial charge in [-0.2, -0.15) is 0 Å². The molecule has 0 saturated carbocycles. The lowest BCUT2D eigenvalue weighted by atomic mass is 10.1. The number of carbonyl (C=O) groups is 1. The van der Waals surface area contributed by atoms with Crippen molar-refractivity contribution in [2.45, 2.75) is 33.2 Å². The molecule has 1 aromatic carbocycles. The van der Waals surface area contributed by atoms with E-state index >= 15 is 0 Å². The minimum atomic E-state index is 0.0243. The van der Waals surface area contributed by atoms with Gasteiger partial charge in [0.1, 0.15) is 0 Å². The molecule has 19 heavy (non-hydrogen) atoms. The summed E-state index contributed by atoms with van der Waals surface area (Å²) in [5.41, 5.74) is 7.20. The lowest BCUT2D eigenvalue weighted by molar-refractivity contribution is 0.0711. The molecule has 0 aliphatic carbocycles. The topological polar surface area (TPSA) is 46.3 Å². The van der Waals surface area contributed by atoms with Crippen LogP contribution in [-0.2, 0) is 0 Å². The molecule has 1 rings (SSSR count). The predicted octanol–water partition coefficient (Wildman–Crippen LogP) is 3.28. The molecule has 104 valence electrons. The Hall–Kier alpha value is -0.940. The fourth-order valence-electron chi connectivity index (χ4n) is 1.85. The Morgan fingerprint density at radius 3 is 2.58 bits per heavy atom. The van der Waals surface area contributed by atoms with Crippen molar-refractivity contribution in [3.63, 3.8) is 0 Å². The smallest absolute Gasteiger partial charge is 0.254 e. The zero-order valence-electron chi connectivity index (χ0n) is 11.4. The number of rotatable bonds is 5. The fourth-order valence-corrected chi connectivity index (χ4v) is 2.41. The van der Waals surface area contributed by atoms with Crippen LogP contribution < -0.4 is 5.73 Å². The molecule has 0 fully saturated rings. The van der Waals surface area contributed by atoms with Crippen molar-refractivity contribution >= 4 is 39.0 Å². The highest BCUT2D eigenvalue weighted by Gasteiger charge is 2.20. The van der Waals surface area contributed by atoms with Crippen LogP contribution in [-0.4, -0.2) is 28.4 Å². The van der Waals surface area contributed by atoms with Gasteiger partial charge >= 0.3 is 0 Å². The van der Waals surface area contributed by atoms with Gasteiger partial charge in [-0.3, -0.25) is 4.79 Å². The summed E-state index contributed by atoms with van der Waals surface area (Å²) in [7, 11) is 0. The summed E-state index contributed by atoms with van der Waals surface area (Å²) in [6.45, 7) is 6.47. The van der Waals surface area contributed by atoms with Crippen LogP contribution in [0.25, 0.3) is 0 Å². The highest BCUT2D eigenvalue weighted by atomic mass is 79.9. The van der Waals surface area contributed by atoms with Gasteiger partial charge in [0.25, 0.3) is 5.91 Å². The Balaban J connectivity index is 2.95. The Morgan fingerprint density at radius 1 is 1.47 bits per heavy atom. The molecule has 0 unspecified atom stereocenters. The molecule has 3 nitrogen and oxygen atoms in total. The van der Waals surface area contributed by atoms with Crippen LogP contribution in [0.3, 0.4) is 0 Å². The minimum Gasteiger partial charge on any atom is -0.393 e. The van der Waals surface area contributed by atoms with Gasteiger partial charge in [0, 0.05) is 29.0 Å². The molecule has 0 radical (unpaired) electrons. The molecule has 1 aromatic rings. The van der Waals surface area contributed by atoms with Crippen LogP contribution in [0.1, 0.15) is 36.2 Å². The second-order valence-corrected chi connectivity index (χ2v) is 6.21. The maximum absolute atomic E-state index is 12.6. The molecule has 0 saturated heterocycles. The number of halogens is 1. The van der Waals surface area contributed by atoms with Gasteiger partial charge in [-0.15, -0.1) is 0 Å². The van der Waals surface area contributed by atoms with E-state index in [1.54, 1.807) is 4.90 Å². The van der Waals surface area contributed by atoms with Gasteiger partial charge in [0.05, 0.1) is 4.99 Å². The SMILES string of the molecule is Cc1cc(Br)ccc1C(=O)N(CCC(N)=S)C(C)C. The van der Waals surface area contributed by atoms with Gasteiger partial charge in [0.15, 0.2) is 0 Å². The van der Waals surface area contributed by atoms with Crippen LogP contribution in [0, 0.1) is 6.92 Å². The molecule has 0 aliphatic heterocycles. The van der Waals surface area contributed by atoms with E-state index in [-0.39, 0.29) is 11.9 Å². The average Bonchev–Trinajstić information content (AvgIpc) is 2.27. The lowest BCUT2D eigenvalue weighted by Crippen LogP contribution is -2.39. The van der Waals surface area contributed by atoms with Gasteiger partial charge in [0.2, 0.25) is 0 Å². The maximum atomic E-state index is 12.6. The zero-order valence-corrected chi connectivity index (χ0v) is 13.8. The van der Waals surface area contributed by atoms with Crippen molar-refractivity contribution < 1.29 is 4.79 Å². The Bertz CT molecular complexity index is 488. The number of aryl methyl sites for hydroxylation is 1. The van der Waals surface area contributed by atoms with Gasteiger partial charge in [-0.1, -0.05) is 28.1 Å². The summed E-state index contributed by atoms with van der Waals surface area (Å²) in [4.78, 5) is 14.8. The first-order valence-electron chi connectivity index (χ1n) is 6.18. The molecule has 1 amide bonds. The third-order valence-corrected chi connectivity index (χ3v) is 3.60. The Kier molecular flexibility index (Phi) is 5.94. The monoisotopic (exact) mass is 342 g/mol. The lowest BCUT2D eigenvalue weighted by Gasteiger charge is -2.27. The van der Waals surface area contributed by atoms with E-state index in [2.05, 4.69) is 15.9 Å². The van der Waals surface area contributed by atoms with E-state index in [4.69, 9.17) is 18.0 Å². The highest BCUT2D eigenvalue weighted by Crippen LogP contribution is 2.18. The third-order valence-electron chi connectivity index (χ3n) is 2.90. The molecule has 0 spiro atoms. The van der Waals surface area contributed by atoms with E-state index in [9.17, 15) is 4.79 Å². The number of nitrogens with zero attached hydrogens (tertiary/aromatic N) is 1. The quantitative estimate of drug-likeness (QED) is 0.835. The first-order chi connectivity index (χ1) is 8.82. The van der Waals surface area contributed by atoms with E-state index in [0.29, 0.717) is 18.0 Å². The van der Waals surface area contributed by atoms with Crippen LogP contribution in [0.4, 0.5) is 0 Å². The molecular formula is C14H19BrN2OS. The predicted molar refractivity (Wildman–Crippen MR) is 86.5 cm³/mol. The number of carbonyl (C=O) groups excluding carboxylic acids is 1. The summed E-state index contributed by atoms with van der Waals surface area (Å²) < 4.78 is 0.973. The van der Waals surface area contributed by atoms with Crippen molar-refractivity contribution in [2.24, 2.45) is 5.73 Å². The fraction of sp³-hybridized carbons (Fsp3) is 0.429. The van der Waals surface area contributed by atoms with Crippen molar-refractivity contribution in [1.29, 1.82) is 0 Å². The number of nitrogens with two attached hydrogens (primary N) is 1. The number of benzene rings is 1. The second kappa shape index (κ2) is 7.01. The summed E-state index contributed by atoms with van der Waals surface area (Å²) >= 11 is 8.28. The molecular weight excluding hydrogens is 324 g/mol. The first kappa shape index (κ1) is 16.1. The van der Waals surface area contributed by atoms with Gasteiger partial charge in [-0.25, -0.2) is 0 Å². The third kappa shape index (κ3) is 4.58. The van der Waals surface area contributed by atoms with Crippen LogP contribution in [0.15, 0.2) is 22.7 Å². The molecule has 0 atom stereocenters. The van der Waals surface area contributed by atoms with Crippen molar-refractivity contribution in [3.05, 3.63) is 33.8 Å². The van der Waals surface area contributed by atoms with Crippen molar-refractivity contribution in [2.75, 3.05) is 6.54 Å².